The Hall–Kier alpha value is -0.680. The summed E-state index contributed by atoms with van der Waals surface area (Å²) in [5.74, 6) is -2.50. The summed E-state index contributed by atoms with van der Waals surface area (Å²) >= 11 is 6.62. The van der Waals surface area contributed by atoms with Gasteiger partial charge in [0.2, 0.25) is 6.43 Å². The average molecular weight is 241 g/mol. The van der Waals surface area contributed by atoms with E-state index in [1.165, 1.54) is 11.4 Å². The van der Waals surface area contributed by atoms with Crippen LogP contribution in [0.4, 0.5) is 8.78 Å². The van der Waals surface area contributed by atoms with E-state index in [9.17, 15) is 13.6 Å². The van der Waals surface area contributed by atoms with Crippen LogP contribution in [0.25, 0.3) is 0 Å². The van der Waals surface area contributed by atoms with E-state index < -0.39 is 24.7 Å². The lowest BCUT2D eigenvalue weighted by atomic mass is 10.0. The van der Waals surface area contributed by atoms with E-state index >= 15 is 0 Å². The molecule has 0 amide bonds. The smallest absolute Gasteiger partial charge is 0.304 e. The van der Waals surface area contributed by atoms with Crippen LogP contribution in [-0.4, -0.2) is 17.5 Å². The van der Waals surface area contributed by atoms with Crippen LogP contribution < -0.4 is 0 Å². The van der Waals surface area contributed by atoms with Gasteiger partial charge in [0.05, 0.1) is 17.4 Å². The molecule has 0 radical (unpaired) electrons. The van der Waals surface area contributed by atoms with Crippen LogP contribution in [0.1, 0.15) is 17.2 Å². The van der Waals surface area contributed by atoms with E-state index in [2.05, 4.69) is 0 Å². The lowest BCUT2D eigenvalue weighted by Crippen LogP contribution is -2.12. The highest BCUT2D eigenvalue weighted by molar-refractivity contribution is 7.10. The molecule has 0 aliphatic carbocycles. The van der Waals surface area contributed by atoms with Gasteiger partial charge in [-0.25, -0.2) is 8.78 Å². The van der Waals surface area contributed by atoms with Crippen LogP contribution in [0, 0.1) is 0 Å². The quantitative estimate of drug-likeness (QED) is 0.877. The molecule has 0 aliphatic heterocycles. The number of halogens is 3. The number of aliphatic carboxylic acids is 1. The molecule has 1 atom stereocenters. The van der Waals surface area contributed by atoms with Gasteiger partial charge in [-0.3, -0.25) is 4.79 Å². The number of carboxylic acids is 1. The Morgan fingerprint density at radius 1 is 1.64 bits per heavy atom. The first-order valence-corrected chi connectivity index (χ1v) is 5.00. The molecule has 0 bridgehead atoms. The molecule has 0 aliphatic rings. The molecule has 0 saturated carbocycles. The van der Waals surface area contributed by atoms with E-state index in [0.717, 1.165) is 11.3 Å². The third kappa shape index (κ3) is 2.92. The van der Waals surface area contributed by atoms with E-state index in [4.69, 9.17) is 16.7 Å². The van der Waals surface area contributed by atoms with Crippen LogP contribution in [0.15, 0.2) is 11.4 Å². The van der Waals surface area contributed by atoms with Crippen molar-refractivity contribution in [2.45, 2.75) is 18.8 Å². The maximum absolute atomic E-state index is 12.5. The van der Waals surface area contributed by atoms with Crippen molar-refractivity contribution in [1.82, 2.24) is 0 Å². The summed E-state index contributed by atoms with van der Waals surface area (Å²) in [6.45, 7) is 0. The zero-order valence-corrected chi connectivity index (χ0v) is 8.49. The molecule has 0 aromatic carbocycles. The fourth-order valence-corrected chi connectivity index (χ4v) is 2.21. The number of rotatable bonds is 4. The summed E-state index contributed by atoms with van der Waals surface area (Å²) < 4.78 is 24.9. The highest BCUT2D eigenvalue weighted by Gasteiger charge is 2.26. The molecule has 1 N–H and O–H groups in total. The van der Waals surface area contributed by atoms with Crippen molar-refractivity contribution in [3.8, 4) is 0 Å². The second-order valence-electron chi connectivity index (χ2n) is 2.71. The van der Waals surface area contributed by atoms with Gasteiger partial charge in [-0.1, -0.05) is 11.6 Å². The van der Waals surface area contributed by atoms with Crippen molar-refractivity contribution >= 4 is 28.9 Å². The van der Waals surface area contributed by atoms with Gasteiger partial charge in [0, 0.05) is 10.3 Å². The van der Waals surface area contributed by atoms with Crippen LogP contribution in [0.5, 0.6) is 0 Å². The number of hydrogen-bond acceptors (Lipinski definition) is 2. The number of hydrogen-bond donors (Lipinski definition) is 1. The first-order valence-electron chi connectivity index (χ1n) is 3.74. The monoisotopic (exact) mass is 240 g/mol. The molecule has 6 heteroatoms. The summed E-state index contributed by atoms with van der Waals surface area (Å²) in [6, 6.07) is 1.38. The summed E-state index contributed by atoms with van der Waals surface area (Å²) in [4.78, 5) is 10.6. The molecule has 0 spiro atoms. The molecule has 1 unspecified atom stereocenters. The minimum atomic E-state index is -2.68. The molecule has 1 rings (SSSR count). The minimum absolute atomic E-state index is 0.312. The average Bonchev–Trinajstić information content (AvgIpc) is 2.46. The fraction of sp³-hybridized carbons (Fsp3) is 0.375. The van der Waals surface area contributed by atoms with E-state index in [1.807, 2.05) is 0 Å². The number of carbonyl (C=O) groups is 1. The fourth-order valence-electron chi connectivity index (χ4n) is 1.02. The lowest BCUT2D eigenvalue weighted by Gasteiger charge is -2.10. The Morgan fingerprint density at radius 2 is 2.29 bits per heavy atom. The molecule has 14 heavy (non-hydrogen) atoms. The van der Waals surface area contributed by atoms with Gasteiger partial charge in [0.1, 0.15) is 0 Å². The Labute approximate surface area is 88.1 Å². The number of thiophene rings is 1. The van der Waals surface area contributed by atoms with E-state index in [-0.39, 0.29) is 0 Å². The van der Waals surface area contributed by atoms with Crippen LogP contribution in [0.3, 0.4) is 0 Å². The van der Waals surface area contributed by atoms with E-state index in [0.29, 0.717) is 9.90 Å². The van der Waals surface area contributed by atoms with Crippen molar-refractivity contribution in [3.63, 3.8) is 0 Å². The second-order valence-corrected chi connectivity index (χ2v) is 4.09. The van der Waals surface area contributed by atoms with Crippen molar-refractivity contribution in [3.05, 3.63) is 21.3 Å². The Bertz CT molecular complexity index is 327. The zero-order valence-electron chi connectivity index (χ0n) is 6.91. The third-order valence-electron chi connectivity index (χ3n) is 1.65. The maximum atomic E-state index is 12.5. The van der Waals surface area contributed by atoms with Gasteiger partial charge < -0.3 is 5.11 Å². The topological polar surface area (TPSA) is 37.3 Å². The standard InChI is InChI=1S/C8H7ClF2O2S/c9-4-1-6(14-3-4)5(8(10)11)2-7(12)13/h1,3,5,8H,2H2,(H,12,13). The molecule has 0 fully saturated rings. The zero-order chi connectivity index (χ0) is 10.7. The number of carboxylic acid groups (broad SMARTS) is 1. The molecule has 78 valence electrons. The predicted octanol–water partition coefficient (Wildman–Crippen LogP) is 3.22. The van der Waals surface area contributed by atoms with Crippen molar-refractivity contribution in [2.75, 3.05) is 0 Å². The van der Waals surface area contributed by atoms with Gasteiger partial charge in [-0.05, 0) is 6.07 Å². The van der Waals surface area contributed by atoms with Gasteiger partial charge in [-0.15, -0.1) is 11.3 Å². The highest BCUT2D eigenvalue weighted by atomic mass is 35.5. The Balaban J connectivity index is 2.82. The largest absolute Gasteiger partial charge is 0.481 e. The third-order valence-corrected chi connectivity index (χ3v) is 3.06. The molecular weight excluding hydrogens is 234 g/mol. The first-order chi connectivity index (χ1) is 6.50. The summed E-state index contributed by atoms with van der Waals surface area (Å²) in [7, 11) is 0. The number of alkyl halides is 2. The molecule has 0 saturated heterocycles. The Kier molecular flexibility index (Phi) is 3.83. The molecule has 1 heterocycles. The van der Waals surface area contributed by atoms with Gasteiger partial charge >= 0.3 is 5.97 Å². The molecule has 2 nitrogen and oxygen atoms in total. The van der Waals surface area contributed by atoms with Gasteiger partial charge in [-0.2, -0.15) is 0 Å². The first kappa shape index (κ1) is 11.4. The second kappa shape index (κ2) is 4.70. The molecular formula is C8H7ClF2O2S. The maximum Gasteiger partial charge on any atom is 0.304 e. The summed E-state index contributed by atoms with van der Waals surface area (Å²) in [6.07, 6.45) is -3.25. The van der Waals surface area contributed by atoms with Crippen molar-refractivity contribution in [2.24, 2.45) is 0 Å². The van der Waals surface area contributed by atoms with Crippen LogP contribution in [-0.2, 0) is 4.79 Å². The summed E-state index contributed by atoms with van der Waals surface area (Å²) in [5.41, 5.74) is 0. The highest BCUT2D eigenvalue weighted by Crippen LogP contribution is 2.33. The molecule has 1 aromatic heterocycles. The van der Waals surface area contributed by atoms with Gasteiger partial charge in [0.15, 0.2) is 0 Å². The Morgan fingerprint density at radius 3 is 2.64 bits per heavy atom. The van der Waals surface area contributed by atoms with Crippen molar-refractivity contribution in [1.29, 1.82) is 0 Å². The van der Waals surface area contributed by atoms with E-state index in [1.54, 1.807) is 0 Å². The summed E-state index contributed by atoms with van der Waals surface area (Å²) in [5, 5.41) is 10.3. The SMILES string of the molecule is O=C(O)CC(c1cc(Cl)cs1)C(F)F. The van der Waals surface area contributed by atoms with Crippen molar-refractivity contribution < 1.29 is 18.7 Å². The minimum Gasteiger partial charge on any atom is -0.481 e. The van der Waals surface area contributed by atoms with Crippen LogP contribution >= 0.6 is 22.9 Å². The van der Waals surface area contributed by atoms with Crippen LogP contribution in [0.2, 0.25) is 5.02 Å². The molecule has 1 aromatic rings. The lowest BCUT2D eigenvalue weighted by molar-refractivity contribution is -0.138. The predicted molar refractivity (Wildman–Crippen MR) is 50.3 cm³/mol. The normalized spacial score (nSPS) is 13.1. The van der Waals surface area contributed by atoms with Gasteiger partial charge in [0.25, 0.3) is 0 Å².